The molecule has 1 aliphatic rings. The van der Waals surface area contributed by atoms with Gasteiger partial charge in [-0.3, -0.25) is 13.8 Å². The van der Waals surface area contributed by atoms with Gasteiger partial charge in [-0.1, -0.05) is 16.8 Å². The first-order chi connectivity index (χ1) is 16.3. The van der Waals surface area contributed by atoms with Crippen LogP contribution in [0.4, 0.5) is 0 Å². The Morgan fingerprint density at radius 2 is 2.18 bits per heavy atom. The number of imidazole rings is 1. The van der Waals surface area contributed by atoms with Crippen LogP contribution in [-0.2, 0) is 9.47 Å². The van der Waals surface area contributed by atoms with E-state index in [4.69, 9.17) is 25.6 Å². The molecule has 4 aromatic rings. The van der Waals surface area contributed by atoms with E-state index in [-0.39, 0.29) is 57.5 Å². The minimum atomic E-state index is -0.381. The molecule has 34 heavy (non-hydrogen) atoms. The van der Waals surface area contributed by atoms with Crippen LogP contribution in [0.1, 0.15) is 57.2 Å². The summed E-state index contributed by atoms with van der Waals surface area (Å²) in [5.74, 6) is 0.553. The van der Waals surface area contributed by atoms with Gasteiger partial charge in [0.2, 0.25) is 5.82 Å². The van der Waals surface area contributed by atoms with E-state index in [1.165, 1.54) is 10.9 Å². The van der Waals surface area contributed by atoms with Crippen LogP contribution in [0.2, 0.25) is 5.02 Å². The Kier molecular flexibility index (Phi) is 5.43. The number of hydrogen-bond donors (Lipinski definition) is 0. The van der Waals surface area contributed by atoms with Gasteiger partial charge in [-0.05, 0) is 45.7 Å². The average Bonchev–Trinajstić information content (AvgIpc) is 3.51. The van der Waals surface area contributed by atoms with Gasteiger partial charge in [-0.15, -0.1) is 0 Å². The van der Waals surface area contributed by atoms with Crippen molar-refractivity contribution in [3.8, 4) is 17.6 Å². The molecule has 2 unspecified atom stereocenters. The molecular weight excluding hydrogens is 460 g/mol. The lowest BCUT2D eigenvalue weighted by Crippen LogP contribution is -2.28. The Labute approximate surface area is 199 Å². The summed E-state index contributed by atoms with van der Waals surface area (Å²) in [5, 5.41) is 14.1. The fourth-order valence-electron chi connectivity index (χ4n) is 4.57. The summed E-state index contributed by atoms with van der Waals surface area (Å²) >= 11 is 6.31. The number of nitrogens with zero attached hydrogens (tertiary/aromatic N) is 6. The van der Waals surface area contributed by atoms with Crippen LogP contribution in [0.25, 0.3) is 28.1 Å². The van der Waals surface area contributed by atoms with E-state index in [0.29, 0.717) is 16.9 Å². The maximum atomic E-state index is 13.8. The number of aromatic nitrogens is 5. The summed E-state index contributed by atoms with van der Waals surface area (Å²) < 4.78 is 19.9. The maximum Gasteiger partial charge on any atom is 0.278 e. The molecule has 0 N–H and O–H groups in total. The van der Waals surface area contributed by atoms with Gasteiger partial charge in [0.25, 0.3) is 11.4 Å². The smallest absolute Gasteiger partial charge is 0.278 e. The molecule has 1 fully saturated rings. The van der Waals surface area contributed by atoms with Gasteiger partial charge in [0.05, 0.1) is 39.9 Å². The highest BCUT2D eigenvalue weighted by Crippen LogP contribution is 2.39. The second-order valence-electron chi connectivity index (χ2n) is 9.05. The normalized spacial score (nSPS) is 18.5. The highest BCUT2D eigenvalue weighted by atomic mass is 35.5. The Bertz CT molecular complexity index is 1510. The average molecular weight is 483 g/mol. The van der Waals surface area contributed by atoms with E-state index in [9.17, 15) is 10.1 Å². The van der Waals surface area contributed by atoms with E-state index in [1.54, 1.807) is 23.6 Å². The van der Waals surface area contributed by atoms with Gasteiger partial charge >= 0.3 is 0 Å². The highest BCUT2D eigenvalue weighted by Gasteiger charge is 2.36. The largest absolute Gasteiger partial charge is 0.383 e. The lowest BCUT2D eigenvalue weighted by atomic mass is 10.1. The number of methoxy groups -OCH3 is 1. The maximum absolute atomic E-state index is 13.8. The van der Waals surface area contributed by atoms with E-state index in [2.05, 4.69) is 21.2 Å². The summed E-state index contributed by atoms with van der Waals surface area (Å²) in [7, 11) is 1.55. The van der Waals surface area contributed by atoms with Crippen LogP contribution in [-0.4, -0.2) is 43.4 Å². The first-order valence-electron chi connectivity index (χ1n) is 10.9. The third-order valence-electron chi connectivity index (χ3n) is 6.15. The zero-order chi connectivity index (χ0) is 24.2. The fraction of sp³-hybridized carbons (Fsp3) is 0.435. The molecule has 3 aromatic heterocycles. The van der Waals surface area contributed by atoms with Gasteiger partial charge < -0.3 is 14.0 Å². The highest BCUT2D eigenvalue weighted by molar-refractivity contribution is 6.32. The van der Waals surface area contributed by atoms with Crippen molar-refractivity contribution in [2.24, 2.45) is 0 Å². The van der Waals surface area contributed by atoms with E-state index < -0.39 is 0 Å². The van der Waals surface area contributed by atoms with Crippen LogP contribution in [0.5, 0.6) is 0 Å². The number of rotatable bonds is 5. The molecule has 176 valence electrons. The van der Waals surface area contributed by atoms with Crippen molar-refractivity contribution >= 4 is 28.2 Å². The monoisotopic (exact) mass is 482 g/mol. The van der Waals surface area contributed by atoms with Crippen LogP contribution >= 0.6 is 11.6 Å². The predicted molar refractivity (Wildman–Crippen MR) is 124 cm³/mol. The molecule has 10 nitrogen and oxygen atoms in total. The molecule has 0 spiro atoms. The van der Waals surface area contributed by atoms with Gasteiger partial charge in [0.15, 0.2) is 0 Å². The van der Waals surface area contributed by atoms with Crippen LogP contribution < -0.4 is 5.56 Å². The molecule has 2 atom stereocenters. The number of hydrogen-bond acceptors (Lipinski definition) is 8. The van der Waals surface area contributed by atoms with Crippen molar-refractivity contribution in [2.45, 2.75) is 51.4 Å². The lowest BCUT2D eigenvalue weighted by molar-refractivity contribution is -0.0292. The molecule has 1 saturated heterocycles. The minimum absolute atomic E-state index is 0.197. The summed E-state index contributed by atoms with van der Waals surface area (Å²) in [6.07, 6.45) is 2.85. The second kappa shape index (κ2) is 8.20. The van der Waals surface area contributed by atoms with Crippen molar-refractivity contribution in [1.29, 1.82) is 5.26 Å². The van der Waals surface area contributed by atoms with Crippen molar-refractivity contribution < 1.29 is 14.0 Å². The van der Waals surface area contributed by atoms with E-state index >= 15 is 0 Å². The van der Waals surface area contributed by atoms with Gasteiger partial charge in [-0.2, -0.15) is 10.2 Å². The number of benzene rings is 1. The number of fused-ring (bicyclic) bond motifs is 3. The number of halogens is 1. The summed E-state index contributed by atoms with van der Waals surface area (Å²) in [4.78, 5) is 22.8. The second-order valence-corrected chi connectivity index (χ2v) is 9.46. The molecule has 4 heterocycles. The molecule has 0 radical (unpaired) electrons. The van der Waals surface area contributed by atoms with Crippen LogP contribution in [0, 0.1) is 11.3 Å². The van der Waals surface area contributed by atoms with Crippen molar-refractivity contribution in [3.63, 3.8) is 0 Å². The Morgan fingerprint density at radius 1 is 1.38 bits per heavy atom. The molecule has 5 rings (SSSR count). The Hall–Kier alpha value is -3.26. The summed E-state index contributed by atoms with van der Waals surface area (Å²) in [6, 6.07) is 5.13. The molecule has 0 saturated carbocycles. The Morgan fingerprint density at radius 3 is 2.85 bits per heavy atom. The summed E-state index contributed by atoms with van der Waals surface area (Å²) in [5.41, 5.74) is 1.14. The molecule has 0 amide bonds. The van der Waals surface area contributed by atoms with E-state index in [1.807, 2.05) is 20.8 Å². The van der Waals surface area contributed by atoms with Crippen molar-refractivity contribution in [2.75, 3.05) is 13.7 Å². The molecule has 0 bridgehead atoms. The Balaban J connectivity index is 1.74. The van der Waals surface area contributed by atoms with Gasteiger partial charge in [0.1, 0.15) is 29.7 Å². The molecule has 1 aromatic carbocycles. The van der Waals surface area contributed by atoms with Crippen LogP contribution in [0.3, 0.4) is 0 Å². The summed E-state index contributed by atoms with van der Waals surface area (Å²) in [6.45, 7) is 6.13. The minimum Gasteiger partial charge on any atom is -0.383 e. The molecule has 1 aliphatic heterocycles. The number of ether oxygens (including phenoxy) is 2. The standard InChI is InChI=1S/C23H23ClN6O4/c1-12(10-32-4)30-18-13(9-25)14(24)5-6-15(18)29-11-26-17(19(29)22(30)31)20-27-21(34-28-20)16-7-8-23(2,3)33-16/h5-6,11-12,16H,7-8,10H2,1-4H3. The topological polar surface area (TPSA) is 120 Å². The molecular formula is C23H23ClN6O4. The zero-order valence-corrected chi connectivity index (χ0v) is 20.0. The zero-order valence-electron chi connectivity index (χ0n) is 19.2. The molecule has 11 heteroatoms. The lowest BCUT2D eigenvalue weighted by Gasteiger charge is -2.19. The fourth-order valence-corrected chi connectivity index (χ4v) is 4.76. The molecule has 0 aliphatic carbocycles. The third-order valence-corrected chi connectivity index (χ3v) is 6.47. The van der Waals surface area contributed by atoms with Crippen molar-refractivity contribution in [3.05, 3.63) is 45.3 Å². The quantitative estimate of drug-likeness (QED) is 0.417. The SMILES string of the molecule is COCC(C)n1c(=O)c2c(-c3noc(C4CCC(C)(C)O4)n3)ncn2c2ccc(Cl)c(C#N)c21. The predicted octanol–water partition coefficient (Wildman–Crippen LogP) is 4.06. The first kappa shape index (κ1) is 22.5. The van der Waals surface area contributed by atoms with Gasteiger partial charge in [-0.25, -0.2) is 4.98 Å². The first-order valence-corrected chi connectivity index (χ1v) is 11.3. The van der Waals surface area contributed by atoms with Crippen molar-refractivity contribution in [1.82, 2.24) is 24.1 Å². The van der Waals surface area contributed by atoms with E-state index in [0.717, 1.165) is 12.8 Å². The number of nitriles is 1. The third kappa shape index (κ3) is 3.48. The van der Waals surface area contributed by atoms with Gasteiger partial charge in [0, 0.05) is 7.11 Å². The van der Waals surface area contributed by atoms with Crippen LogP contribution in [0.15, 0.2) is 27.8 Å².